The maximum absolute atomic E-state index is 6.12. The topological polar surface area (TPSA) is 53.1 Å². The number of rotatable bonds is 7. The molecule has 130 valence electrons. The van der Waals surface area contributed by atoms with Gasteiger partial charge in [0.1, 0.15) is 5.75 Å². The van der Waals surface area contributed by atoms with E-state index >= 15 is 0 Å². The van der Waals surface area contributed by atoms with Crippen LogP contribution in [0, 0.1) is 0 Å². The van der Waals surface area contributed by atoms with E-state index in [1.165, 1.54) is 0 Å². The van der Waals surface area contributed by atoms with Crippen LogP contribution in [0.1, 0.15) is 30.5 Å². The van der Waals surface area contributed by atoms with Crippen molar-refractivity contribution in [3.8, 4) is 17.0 Å². The van der Waals surface area contributed by atoms with Crippen LogP contribution < -0.4 is 10.5 Å². The van der Waals surface area contributed by atoms with Crippen molar-refractivity contribution < 1.29 is 4.74 Å². The highest BCUT2D eigenvalue weighted by Crippen LogP contribution is 2.29. The summed E-state index contributed by atoms with van der Waals surface area (Å²) in [5.74, 6) is 0.975. The third-order valence-electron chi connectivity index (χ3n) is 4.31. The molecule has 0 aliphatic carbocycles. The van der Waals surface area contributed by atoms with Gasteiger partial charge < -0.3 is 10.5 Å². The minimum atomic E-state index is 0.0835. The number of benzene rings is 2. The third-order valence-corrected chi connectivity index (χ3v) is 4.31. The molecule has 25 heavy (non-hydrogen) atoms. The van der Waals surface area contributed by atoms with Crippen molar-refractivity contribution in [2.75, 3.05) is 13.2 Å². The van der Waals surface area contributed by atoms with Crippen LogP contribution in [0.5, 0.6) is 5.75 Å². The molecule has 0 spiro atoms. The Bertz CT molecular complexity index is 811. The van der Waals surface area contributed by atoms with Gasteiger partial charge in [0.25, 0.3) is 0 Å². The predicted molar refractivity (Wildman–Crippen MR) is 102 cm³/mol. The lowest BCUT2D eigenvalue weighted by Crippen LogP contribution is -2.17. The standard InChI is InChI=1S/C21H25N3O/c1-3-12-25-18-11-7-10-17(13-18)19(15-22)21-14-20(23-24(21)2)16-8-5-4-6-9-16/h4-11,13-14,19H,3,12,15,22H2,1-2H3. The Labute approximate surface area is 149 Å². The second kappa shape index (κ2) is 7.99. The van der Waals surface area contributed by atoms with Crippen LogP contribution in [-0.4, -0.2) is 22.9 Å². The van der Waals surface area contributed by atoms with E-state index < -0.39 is 0 Å². The maximum atomic E-state index is 6.12. The molecule has 1 aromatic heterocycles. The van der Waals surface area contributed by atoms with E-state index in [0.29, 0.717) is 6.54 Å². The van der Waals surface area contributed by atoms with Crippen molar-refractivity contribution in [3.63, 3.8) is 0 Å². The van der Waals surface area contributed by atoms with Crippen LogP contribution >= 0.6 is 0 Å². The number of aromatic nitrogens is 2. The average Bonchev–Trinajstić information content (AvgIpc) is 3.03. The molecule has 1 unspecified atom stereocenters. The Kier molecular flexibility index (Phi) is 5.51. The molecule has 0 amide bonds. The summed E-state index contributed by atoms with van der Waals surface area (Å²) in [6, 6.07) is 20.5. The normalized spacial score (nSPS) is 12.1. The van der Waals surface area contributed by atoms with Gasteiger partial charge in [-0.1, -0.05) is 49.4 Å². The smallest absolute Gasteiger partial charge is 0.119 e. The van der Waals surface area contributed by atoms with Gasteiger partial charge in [0.2, 0.25) is 0 Å². The fourth-order valence-electron chi connectivity index (χ4n) is 3.03. The lowest BCUT2D eigenvalue weighted by atomic mass is 9.95. The summed E-state index contributed by atoms with van der Waals surface area (Å²) in [5.41, 5.74) is 10.5. The van der Waals surface area contributed by atoms with E-state index in [2.05, 4.69) is 42.4 Å². The highest BCUT2D eigenvalue weighted by atomic mass is 16.5. The summed E-state index contributed by atoms with van der Waals surface area (Å²) in [6.07, 6.45) is 0.993. The molecule has 2 aromatic carbocycles. The van der Waals surface area contributed by atoms with Gasteiger partial charge in [0.15, 0.2) is 0 Å². The SMILES string of the molecule is CCCOc1cccc(C(CN)c2cc(-c3ccccc3)nn2C)c1. The fraction of sp³-hybridized carbons (Fsp3) is 0.286. The second-order valence-corrected chi connectivity index (χ2v) is 6.15. The zero-order valence-corrected chi connectivity index (χ0v) is 14.9. The van der Waals surface area contributed by atoms with Crippen LogP contribution in [0.25, 0.3) is 11.3 Å². The molecule has 0 saturated carbocycles. The van der Waals surface area contributed by atoms with Crippen molar-refractivity contribution >= 4 is 0 Å². The summed E-state index contributed by atoms with van der Waals surface area (Å²) in [6.45, 7) is 3.35. The molecule has 4 nitrogen and oxygen atoms in total. The van der Waals surface area contributed by atoms with Gasteiger partial charge in [-0.2, -0.15) is 5.10 Å². The Balaban J connectivity index is 1.92. The highest BCUT2D eigenvalue weighted by molar-refractivity contribution is 5.59. The third kappa shape index (κ3) is 3.91. The van der Waals surface area contributed by atoms with E-state index in [-0.39, 0.29) is 5.92 Å². The Morgan fingerprint density at radius 3 is 2.60 bits per heavy atom. The van der Waals surface area contributed by atoms with Crippen molar-refractivity contribution in [2.45, 2.75) is 19.3 Å². The lowest BCUT2D eigenvalue weighted by molar-refractivity contribution is 0.317. The molecule has 1 atom stereocenters. The fourth-order valence-corrected chi connectivity index (χ4v) is 3.03. The highest BCUT2D eigenvalue weighted by Gasteiger charge is 2.19. The van der Waals surface area contributed by atoms with Crippen molar-refractivity contribution in [2.24, 2.45) is 12.8 Å². The van der Waals surface area contributed by atoms with Gasteiger partial charge in [-0.15, -0.1) is 0 Å². The Hall–Kier alpha value is -2.59. The quantitative estimate of drug-likeness (QED) is 0.711. The number of hydrogen-bond donors (Lipinski definition) is 1. The van der Waals surface area contributed by atoms with E-state index in [0.717, 1.165) is 41.3 Å². The summed E-state index contributed by atoms with van der Waals surface area (Å²) < 4.78 is 7.70. The molecule has 0 radical (unpaired) electrons. The van der Waals surface area contributed by atoms with Gasteiger partial charge in [-0.25, -0.2) is 0 Å². The van der Waals surface area contributed by atoms with E-state index in [4.69, 9.17) is 10.5 Å². The summed E-state index contributed by atoms with van der Waals surface area (Å²) in [7, 11) is 1.97. The minimum absolute atomic E-state index is 0.0835. The molecule has 0 saturated heterocycles. The van der Waals surface area contributed by atoms with Gasteiger partial charge >= 0.3 is 0 Å². The van der Waals surface area contributed by atoms with Crippen LogP contribution in [0.15, 0.2) is 60.7 Å². The largest absolute Gasteiger partial charge is 0.494 e. The monoisotopic (exact) mass is 335 g/mol. The van der Waals surface area contributed by atoms with E-state index in [1.54, 1.807) is 0 Å². The van der Waals surface area contributed by atoms with Crippen LogP contribution in [0.2, 0.25) is 0 Å². The molecule has 0 aliphatic heterocycles. The molecular weight excluding hydrogens is 310 g/mol. The number of hydrogen-bond acceptors (Lipinski definition) is 3. The van der Waals surface area contributed by atoms with Gasteiger partial charge in [-0.05, 0) is 30.2 Å². The number of aryl methyl sites for hydroxylation is 1. The Morgan fingerprint density at radius 1 is 1.08 bits per heavy atom. The first-order chi connectivity index (χ1) is 12.2. The first kappa shape index (κ1) is 17.2. The predicted octanol–water partition coefficient (Wildman–Crippen LogP) is 3.97. The van der Waals surface area contributed by atoms with E-state index in [1.807, 2.05) is 42.1 Å². The van der Waals surface area contributed by atoms with Crippen LogP contribution in [-0.2, 0) is 7.05 Å². The first-order valence-corrected chi connectivity index (χ1v) is 8.75. The molecule has 3 rings (SSSR count). The van der Waals surface area contributed by atoms with Gasteiger partial charge in [-0.3, -0.25) is 4.68 Å². The van der Waals surface area contributed by atoms with Crippen molar-refractivity contribution in [3.05, 3.63) is 71.9 Å². The molecule has 4 heteroatoms. The zero-order valence-electron chi connectivity index (χ0n) is 14.9. The van der Waals surface area contributed by atoms with Gasteiger partial charge in [0.05, 0.1) is 12.3 Å². The first-order valence-electron chi connectivity index (χ1n) is 8.75. The van der Waals surface area contributed by atoms with Crippen molar-refractivity contribution in [1.82, 2.24) is 9.78 Å². The molecule has 1 heterocycles. The number of nitrogens with two attached hydrogens (primary N) is 1. The van der Waals surface area contributed by atoms with E-state index in [9.17, 15) is 0 Å². The molecule has 0 fully saturated rings. The minimum Gasteiger partial charge on any atom is -0.494 e. The summed E-state index contributed by atoms with van der Waals surface area (Å²) in [5, 5.41) is 4.68. The Morgan fingerprint density at radius 2 is 1.88 bits per heavy atom. The molecule has 2 N–H and O–H groups in total. The molecule has 0 bridgehead atoms. The van der Waals surface area contributed by atoms with Gasteiger partial charge in [0, 0.05) is 30.8 Å². The molecule has 3 aromatic rings. The maximum Gasteiger partial charge on any atom is 0.119 e. The van der Waals surface area contributed by atoms with Crippen LogP contribution in [0.4, 0.5) is 0 Å². The van der Waals surface area contributed by atoms with Crippen LogP contribution in [0.3, 0.4) is 0 Å². The number of ether oxygens (including phenoxy) is 1. The summed E-state index contributed by atoms with van der Waals surface area (Å²) >= 11 is 0. The summed E-state index contributed by atoms with van der Waals surface area (Å²) in [4.78, 5) is 0. The lowest BCUT2D eigenvalue weighted by Gasteiger charge is -2.16. The second-order valence-electron chi connectivity index (χ2n) is 6.15. The molecule has 0 aliphatic rings. The average molecular weight is 335 g/mol. The number of nitrogens with zero attached hydrogens (tertiary/aromatic N) is 2. The van der Waals surface area contributed by atoms with Crippen molar-refractivity contribution in [1.29, 1.82) is 0 Å². The molecular formula is C21H25N3O. The zero-order chi connectivity index (χ0) is 17.6.